The fourth-order valence-electron chi connectivity index (χ4n) is 1.77. The molecular formula is C12H15ClFN5. The molecule has 1 heterocycles. The molecule has 0 atom stereocenters. The molecule has 2 rings (SSSR count). The molecule has 0 bridgehead atoms. The monoisotopic (exact) mass is 283 g/mol. The number of hydrogen-bond acceptors (Lipinski definition) is 4. The van der Waals surface area contributed by atoms with Gasteiger partial charge in [0.1, 0.15) is 0 Å². The average molecular weight is 284 g/mol. The Kier molecular flexibility index (Phi) is 3.82. The molecule has 19 heavy (non-hydrogen) atoms. The van der Waals surface area contributed by atoms with E-state index in [2.05, 4.69) is 15.5 Å². The van der Waals surface area contributed by atoms with E-state index in [0.717, 1.165) is 11.1 Å². The maximum atomic E-state index is 12.7. The fourth-order valence-corrected chi connectivity index (χ4v) is 1.90. The molecule has 0 N–H and O–H groups in total. The van der Waals surface area contributed by atoms with Crippen molar-refractivity contribution in [3.63, 3.8) is 0 Å². The van der Waals surface area contributed by atoms with Crippen LogP contribution >= 0.6 is 11.8 Å². The van der Waals surface area contributed by atoms with E-state index in [1.807, 2.05) is 39.0 Å². The van der Waals surface area contributed by atoms with E-state index in [0.29, 0.717) is 5.82 Å². The number of hydrogen-bond donors (Lipinski definition) is 0. The lowest BCUT2D eigenvalue weighted by molar-refractivity contribution is 0.137. The van der Waals surface area contributed by atoms with Gasteiger partial charge in [0.25, 0.3) is 0 Å². The van der Waals surface area contributed by atoms with Gasteiger partial charge in [-0.05, 0) is 42.8 Å². The molecule has 5 nitrogen and oxygen atoms in total. The molecule has 0 spiro atoms. The van der Waals surface area contributed by atoms with Crippen molar-refractivity contribution < 1.29 is 4.48 Å². The van der Waals surface area contributed by atoms with Gasteiger partial charge in [-0.15, -0.1) is 9.58 Å². The highest BCUT2D eigenvalue weighted by molar-refractivity contribution is 6.12. The predicted molar refractivity (Wildman–Crippen MR) is 70.8 cm³/mol. The lowest BCUT2D eigenvalue weighted by Gasteiger charge is -2.20. The molecule has 102 valence electrons. The minimum atomic E-state index is -0.229. The third kappa shape index (κ3) is 3.27. The zero-order valence-corrected chi connectivity index (χ0v) is 11.8. The summed E-state index contributed by atoms with van der Waals surface area (Å²) in [5, 5.41) is 11.7. The minimum Gasteiger partial charge on any atom is -0.220 e. The van der Waals surface area contributed by atoms with E-state index >= 15 is 0 Å². The third-order valence-electron chi connectivity index (χ3n) is 2.59. The molecule has 1 aromatic heterocycles. The Morgan fingerprint density at radius 2 is 2.11 bits per heavy atom. The summed E-state index contributed by atoms with van der Waals surface area (Å²) < 4.78 is 14.5. The highest BCUT2D eigenvalue weighted by Gasteiger charge is 2.20. The van der Waals surface area contributed by atoms with Gasteiger partial charge in [0.05, 0.1) is 12.1 Å². The highest BCUT2D eigenvalue weighted by Crippen LogP contribution is 2.23. The Morgan fingerprint density at radius 1 is 1.37 bits per heavy atom. The second-order valence-corrected chi connectivity index (χ2v) is 5.61. The summed E-state index contributed by atoms with van der Waals surface area (Å²) in [5.41, 5.74) is 1.35. The van der Waals surface area contributed by atoms with Crippen LogP contribution in [0.25, 0.3) is 11.4 Å². The molecule has 0 aliphatic heterocycles. The Balaban J connectivity index is 2.40. The maximum Gasteiger partial charge on any atom is 0.182 e. The molecule has 0 radical (unpaired) electrons. The van der Waals surface area contributed by atoms with Crippen molar-refractivity contribution >= 4 is 11.8 Å². The number of halogens is 2. The highest BCUT2D eigenvalue weighted by atomic mass is 35.5. The smallest absolute Gasteiger partial charge is 0.182 e. The first-order valence-corrected chi connectivity index (χ1v) is 6.19. The molecule has 0 fully saturated rings. The van der Waals surface area contributed by atoms with Crippen LogP contribution < -0.4 is 0 Å². The standard InChI is InChI=1S/C12H15ClFN5/c1-12(2,3)19-11(15-16-17-19)10-6-4-5-9(7-10)8-18(13)14/h4-7H,8H2,1-3H3. The number of aromatic nitrogens is 4. The Morgan fingerprint density at radius 3 is 2.74 bits per heavy atom. The summed E-state index contributed by atoms with van der Waals surface area (Å²) in [5.74, 6) is 0.648. The lowest BCUT2D eigenvalue weighted by Crippen LogP contribution is -2.24. The molecule has 0 saturated heterocycles. The molecule has 1 aromatic carbocycles. The van der Waals surface area contributed by atoms with Crippen LogP contribution in [0.1, 0.15) is 26.3 Å². The average Bonchev–Trinajstić information content (AvgIpc) is 2.76. The van der Waals surface area contributed by atoms with Gasteiger partial charge >= 0.3 is 0 Å². The summed E-state index contributed by atoms with van der Waals surface area (Å²) >= 11 is 5.21. The number of tetrazole rings is 1. The molecule has 0 amide bonds. The van der Waals surface area contributed by atoms with Crippen LogP contribution in [0.15, 0.2) is 24.3 Å². The van der Waals surface area contributed by atoms with Crippen molar-refractivity contribution in [3.8, 4) is 11.4 Å². The van der Waals surface area contributed by atoms with Crippen LogP contribution in [0.2, 0.25) is 0 Å². The SMILES string of the molecule is CC(C)(C)n1nnnc1-c1cccc(CN(F)Cl)c1. The van der Waals surface area contributed by atoms with Crippen molar-refractivity contribution in [3.05, 3.63) is 29.8 Å². The number of rotatable bonds is 3. The Labute approximate surface area is 116 Å². The first kappa shape index (κ1) is 13.9. The predicted octanol–water partition coefficient (Wildman–Crippen LogP) is 2.94. The van der Waals surface area contributed by atoms with Crippen molar-refractivity contribution in [2.24, 2.45) is 0 Å². The second kappa shape index (κ2) is 5.22. The normalized spacial score (nSPS) is 12.1. The topological polar surface area (TPSA) is 46.8 Å². The van der Waals surface area contributed by atoms with Crippen molar-refractivity contribution in [2.75, 3.05) is 0 Å². The Hall–Kier alpha value is -1.53. The molecule has 0 aliphatic carbocycles. The first-order chi connectivity index (χ1) is 8.88. The number of benzene rings is 1. The van der Waals surface area contributed by atoms with Gasteiger partial charge in [-0.1, -0.05) is 22.8 Å². The van der Waals surface area contributed by atoms with E-state index in [-0.39, 0.29) is 16.7 Å². The van der Waals surface area contributed by atoms with Gasteiger partial charge in [0.2, 0.25) is 0 Å². The fraction of sp³-hybridized carbons (Fsp3) is 0.417. The molecule has 0 unspecified atom stereocenters. The maximum absolute atomic E-state index is 12.7. The third-order valence-corrected chi connectivity index (χ3v) is 2.71. The van der Waals surface area contributed by atoms with Gasteiger partial charge in [-0.2, -0.15) is 0 Å². The molecule has 2 aromatic rings. The Bertz CT molecular complexity index is 561. The van der Waals surface area contributed by atoms with Crippen molar-refractivity contribution in [1.29, 1.82) is 0 Å². The molecular weight excluding hydrogens is 269 g/mol. The van der Waals surface area contributed by atoms with E-state index in [4.69, 9.17) is 11.8 Å². The summed E-state index contributed by atoms with van der Waals surface area (Å²) in [4.78, 5) is 0. The van der Waals surface area contributed by atoms with Gasteiger partial charge in [0, 0.05) is 17.3 Å². The zero-order valence-electron chi connectivity index (χ0n) is 11.0. The van der Waals surface area contributed by atoms with Crippen LogP contribution in [0, 0.1) is 0 Å². The summed E-state index contributed by atoms with van der Waals surface area (Å²) in [6.07, 6.45) is 0. The van der Waals surface area contributed by atoms with Gasteiger partial charge in [-0.25, -0.2) is 4.68 Å². The summed E-state index contributed by atoms with van der Waals surface area (Å²) in [6.45, 7) is 6.04. The summed E-state index contributed by atoms with van der Waals surface area (Å²) in [7, 11) is 0. The van der Waals surface area contributed by atoms with Crippen molar-refractivity contribution in [1.82, 2.24) is 24.8 Å². The quantitative estimate of drug-likeness (QED) is 0.813. The van der Waals surface area contributed by atoms with Crippen LogP contribution in [0.5, 0.6) is 0 Å². The van der Waals surface area contributed by atoms with Crippen LogP contribution in [0.3, 0.4) is 0 Å². The molecule has 7 heteroatoms. The largest absolute Gasteiger partial charge is 0.220 e. The second-order valence-electron chi connectivity index (χ2n) is 5.25. The van der Waals surface area contributed by atoms with Gasteiger partial charge in [0.15, 0.2) is 5.82 Å². The zero-order chi connectivity index (χ0) is 14.0. The van der Waals surface area contributed by atoms with Gasteiger partial charge in [-0.3, -0.25) is 0 Å². The van der Waals surface area contributed by atoms with E-state index in [1.54, 1.807) is 10.7 Å². The number of nitrogens with zero attached hydrogens (tertiary/aromatic N) is 5. The van der Waals surface area contributed by atoms with E-state index in [9.17, 15) is 4.48 Å². The van der Waals surface area contributed by atoms with Crippen LogP contribution in [0.4, 0.5) is 4.48 Å². The van der Waals surface area contributed by atoms with Crippen LogP contribution in [-0.4, -0.2) is 24.8 Å². The van der Waals surface area contributed by atoms with E-state index < -0.39 is 0 Å². The first-order valence-electron chi connectivity index (χ1n) is 5.85. The summed E-state index contributed by atoms with van der Waals surface area (Å²) in [6, 6.07) is 7.33. The molecule has 0 saturated carbocycles. The molecule has 0 aliphatic rings. The minimum absolute atomic E-state index is 0.00643. The van der Waals surface area contributed by atoms with Gasteiger partial charge < -0.3 is 0 Å². The lowest BCUT2D eigenvalue weighted by atomic mass is 10.1. The van der Waals surface area contributed by atoms with Crippen LogP contribution in [-0.2, 0) is 12.1 Å². The van der Waals surface area contributed by atoms with Crippen molar-refractivity contribution in [2.45, 2.75) is 32.9 Å². The van der Waals surface area contributed by atoms with E-state index in [1.165, 1.54) is 0 Å².